The summed E-state index contributed by atoms with van der Waals surface area (Å²) in [7, 11) is 2.65. The molecule has 7 atom stereocenters. The zero-order valence-corrected chi connectivity index (χ0v) is 38.0. The van der Waals surface area contributed by atoms with Crippen LogP contribution in [-0.4, -0.2) is 92.6 Å². The van der Waals surface area contributed by atoms with Gasteiger partial charge in [-0.25, -0.2) is 19.6 Å². The number of ether oxygens (including phenoxy) is 2. The average Bonchev–Trinajstić information content (AvgIpc) is 4.15. The van der Waals surface area contributed by atoms with E-state index in [0.717, 1.165) is 100 Å². The lowest BCUT2D eigenvalue weighted by molar-refractivity contribution is -0.140. The molecule has 4 heterocycles. The summed E-state index contributed by atoms with van der Waals surface area (Å²) in [5.74, 6) is 2.02. The summed E-state index contributed by atoms with van der Waals surface area (Å²) < 4.78 is 9.75. The average molecular weight is 871 g/mol. The van der Waals surface area contributed by atoms with Gasteiger partial charge in [0.05, 0.1) is 44.0 Å². The van der Waals surface area contributed by atoms with E-state index in [0.29, 0.717) is 18.4 Å². The molecule has 2 aromatic heterocycles. The summed E-state index contributed by atoms with van der Waals surface area (Å²) in [5, 5.41) is 5.60. The number of H-pyrrole nitrogens is 2. The minimum atomic E-state index is -0.682. The smallest absolute Gasteiger partial charge is 0.407 e. The molecule has 4 N–H and O–H groups in total. The number of methoxy groups -OCH3 is 2. The number of carbonyl (C=O) groups excluding carboxylic acids is 4. The minimum absolute atomic E-state index is 0.0717. The standard InChI is InChI=1S/C50H62N8O6/c1-26(2)41(55-48(61)63-5)45(59)57-25-28-19-20-50(57,22-28)47-52-24-40(54-47)38-18-16-36(32-10-8-12-34(32)38)35-15-17-37(33-11-7-9-31(33)35)39-23-51-44(53-39)43-29-13-14-30(21-29)58(43)46(60)42(27(3)4)56-49(62)64-6/h15-18,23-24,26-30,41-43H,7-14,19-22,25H2,1-6H3,(H,51,53)(H,52,54)(H,55,61)(H,56,62)/t28?,29?,30?,41-,42+,43?,50?/m0/s1. The van der Waals surface area contributed by atoms with E-state index in [1.807, 2.05) is 49.9 Å². The number of benzene rings is 2. The van der Waals surface area contributed by atoms with Crippen molar-refractivity contribution in [3.05, 3.63) is 70.6 Å². The first kappa shape index (κ1) is 42.3. The molecule has 4 bridgehead atoms. The fraction of sp³-hybridized carbons (Fsp3) is 0.560. The molecule has 4 aliphatic carbocycles. The lowest BCUT2D eigenvalue weighted by atomic mass is 9.87. The quantitative estimate of drug-likeness (QED) is 0.118. The van der Waals surface area contributed by atoms with Crippen molar-refractivity contribution in [1.29, 1.82) is 0 Å². The molecule has 64 heavy (non-hydrogen) atoms. The summed E-state index contributed by atoms with van der Waals surface area (Å²) in [5.41, 5.74) is 12.0. The third-order valence-electron chi connectivity index (χ3n) is 15.8. The van der Waals surface area contributed by atoms with E-state index in [4.69, 9.17) is 19.4 Å². The van der Waals surface area contributed by atoms with E-state index in [-0.39, 0.29) is 35.7 Å². The number of hydrogen-bond donors (Lipinski definition) is 4. The summed E-state index contributed by atoms with van der Waals surface area (Å²) in [6, 6.07) is 7.75. The second-order valence-corrected chi connectivity index (χ2v) is 20.0. The fourth-order valence-corrected chi connectivity index (χ4v) is 12.7. The number of imidazole rings is 2. The number of fused-ring (bicyclic) bond motifs is 6. The summed E-state index contributed by atoms with van der Waals surface area (Å²) in [4.78, 5) is 74.3. The number of aromatic nitrogens is 4. The van der Waals surface area contributed by atoms with Gasteiger partial charge in [0, 0.05) is 23.7 Å². The van der Waals surface area contributed by atoms with Gasteiger partial charge in [-0.3, -0.25) is 9.59 Å². The topological polar surface area (TPSA) is 175 Å². The number of amides is 4. The van der Waals surface area contributed by atoms with E-state index < -0.39 is 29.8 Å². The molecule has 4 amide bonds. The number of piperidine rings is 2. The fourth-order valence-electron chi connectivity index (χ4n) is 12.7. The SMILES string of the molecule is COC(=O)N[C@H](C(=O)N1CC2CCC1(c1ncc(-c3ccc(-c4ccc(-c5cnc(C6C7CCC(C7)N6C(=O)[C@H](NC(=O)OC)C(C)C)[nH]5)c5c4CCC5)c4c3CCC4)[nH]1)C2)C(C)C. The number of likely N-dealkylation sites (tertiary alicyclic amines) is 2. The van der Waals surface area contributed by atoms with Gasteiger partial charge in [0.1, 0.15) is 29.3 Å². The number of nitrogens with one attached hydrogen (secondary N) is 4. The lowest BCUT2D eigenvalue weighted by Gasteiger charge is -2.40. The van der Waals surface area contributed by atoms with E-state index in [9.17, 15) is 19.2 Å². The molecule has 4 aromatic rings. The van der Waals surface area contributed by atoms with Crippen LogP contribution in [-0.2, 0) is 50.3 Å². The highest BCUT2D eigenvalue weighted by molar-refractivity contribution is 5.88. The Morgan fingerprint density at radius 1 is 0.719 bits per heavy atom. The molecule has 2 saturated carbocycles. The van der Waals surface area contributed by atoms with Crippen LogP contribution in [0.2, 0.25) is 0 Å². The summed E-state index contributed by atoms with van der Waals surface area (Å²) >= 11 is 0. The van der Waals surface area contributed by atoms with Crippen LogP contribution in [0.4, 0.5) is 9.59 Å². The van der Waals surface area contributed by atoms with Crippen LogP contribution < -0.4 is 10.6 Å². The second kappa shape index (κ2) is 16.4. The van der Waals surface area contributed by atoms with Crippen molar-refractivity contribution in [2.45, 2.75) is 134 Å². The van der Waals surface area contributed by atoms with Crippen molar-refractivity contribution in [1.82, 2.24) is 40.4 Å². The highest BCUT2D eigenvalue weighted by atomic mass is 16.5. The molecule has 2 saturated heterocycles. The molecule has 0 spiro atoms. The number of nitrogens with zero attached hydrogens (tertiary/aromatic N) is 4. The van der Waals surface area contributed by atoms with Gasteiger partial charge >= 0.3 is 12.2 Å². The van der Waals surface area contributed by atoms with Crippen molar-refractivity contribution in [3.8, 4) is 33.6 Å². The first-order chi connectivity index (χ1) is 30.9. The van der Waals surface area contributed by atoms with Crippen molar-refractivity contribution < 1.29 is 28.7 Å². The van der Waals surface area contributed by atoms with Crippen molar-refractivity contribution in [2.75, 3.05) is 20.8 Å². The summed E-state index contributed by atoms with van der Waals surface area (Å²) in [6.45, 7) is 8.46. The molecule has 4 fully saturated rings. The second-order valence-electron chi connectivity index (χ2n) is 20.0. The molecular weight excluding hydrogens is 809 g/mol. The molecule has 14 heteroatoms. The zero-order valence-electron chi connectivity index (χ0n) is 38.0. The molecule has 338 valence electrons. The van der Waals surface area contributed by atoms with Crippen molar-refractivity contribution in [3.63, 3.8) is 0 Å². The molecule has 2 aromatic carbocycles. The summed E-state index contributed by atoms with van der Waals surface area (Å²) in [6.07, 6.45) is 14.6. The van der Waals surface area contributed by atoms with E-state index in [2.05, 4.69) is 44.9 Å². The van der Waals surface area contributed by atoms with Crippen LogP contribution >= 0.6 is 0 Å². The molecule has 0 radical (unpaired) electrons. The van der Waals surface area contributed by atoms with E-state index in [1.54, 1.807) is 0 Å². The predicted octanol–water partition coefficient (Wildman–Crippen LogP) is 7.76. The Bertz CT molecular complexity index is 2510. The molecule has 14 nitrogen and oxygen atoms in total. The van der Waals surface area contributed by atoms with Crippen molar-refractivity contribution >= 4 is 24.0 Å². The maximum absolute atomic E-state index is 14.2. The van der Waals surface area contributed by atoms with Crippen LogP contribution in [0.5, 0.6) is 0 Å². The van der Waals surface area contributed by atoms with Gasteiger partial charge in [-0.05, 0) is 134 Å². The molecule has 2 aliphatic heterocycles. The maximum Gasteiger partial charge on any atom is 0.407 e. The lowest BCUT2D eigenvalue weighted by Crippen LogP contribution is -2.56. The number of aromatic amines is 2. The largest absolute Gasteiger partial charge is 0.453 e. The van der Waals surface area contributed by atoms with E-state index in [1.165, 1.54) is 58.7 Å². The Kier molecular flexibility index (Phi) is 10.8. The molecule has 10 rings (SSSR count). The maximum atomic E-state index is 14.2. The van der Waals surface area contributed by atoms with E-state index >= 15 is 0 Å². The normalized spacial score (nSPS) is 24.9. The third kappa shape index (κ3) is 6.88. The highest BCUT2D eigenvalue weighted by Crippen LogP contribution is 2.54. The van der Waals surface area contributed by atoms with Gasteiger partial charge in [0.25, 0.3) is 0 Å². The number of carbonyl (C=O) groups is 4. The number of alkyl carbamates (subject to hydrolysis) is 2. The zero-order chi connectivity index (χ0) is 44.6. The number of hydrogen-bond acceptors (Lipinski definition) is 8. The number of rotatable bonds is 11. The predicted molar refractivity (Wildman–Crippen MR) is 241 cm³/mol. The third-order valence-corrected chi connectivity index (χ3v) is 15.8. The molecule has 5 unspecified atom stereocenters. The van der Waals surface area contributed by atoms with Gasteiger partial charge in [-0.1, -0.05) is 52.0 Å². The Labute approximate surface area is 375 Å². The monoisotopic (exact) mass is 870 g/mol. The first-order valence-electron chi connectivity index (χ1n) is 23.6. The van der Waals surface area contributed by atoms with Gasteiger partial charge in [0.2, 0.25) is 11.8 Å². The Balaban J connectivity index is 0.927. The van der Waals surface area contributed by atoms with Crippen LogP contribution in [0.25, 0.3) is 33.6 Å². The van der Waals surface area contributed by atoms with Gasteiger partial charge < -0.3 is 39.9 Å². The van der Waals surface area contributed by atoms with Gasteiger partial charge in [0.15, 0.2) is 0 Å². The van der Waals surface area contributed by atoms with Crippen LogP contribution in [0.15, 0.2) is 36.7 Å². The van der Waals surface area contributed by atoms with Crippen molar-refractivity contribution in [2.24, 2.45) is 23.7 Å². The Morgan fingerprint density at radius 3 is 1.84 bits per heavy atom. The van der Waals surface area contributed by atoms with Gasteiger partial charge in [-0.2, -0.15) is 0 Å². The molecular formula is C50H62N8O6. The highest BCUT2D eigenvalue weighted by Gasteiger charge is 2.57. The minimum Gasteiger partial charge on any atom is -0.453 e. The Morgan fingerprint density at radius 2 is 1.27 bits per heavy atom. The van der Waals surface area contributed by atoms with Crippen LogP contribution in [0.1, 0.15) is 119 Å². The van der Waals surface area contributed by atoms with Gasteiger partial charge in [-0.15, -0.1) is 0 Å². The Hall–Kier alpha value is -5.66. The van der Waals surface area contributed by atoms with Crippen LogP contribution in [0, 0.1) is 23.7 Å². The first-order valence-corrected chi connectivity index (χ1v) is 23.6. The van der Waals surface area contributed by atoms with Crippen LogP contribution in [0.3, 0.4) is 0 Å². The molecule has 6 aliphatic rings.